The first-order valence-electron chi connectivity index (χ1n) is 8.41. The van der Waals surface area contributed by atoms with Crippen molar-refractivity contribution >= 4 is 11.9 Å². The van der Waals surface area contributed by atoms with Gasteiger partial charge in [0.05, 0.1) is 5.69 Å². The van der Waals surface area contributed by atoms with Crippen LogP contribution >= 0.6 is 0 Å². The number of carboxylic acid groups (broad SMARTS) is 1. The Morgan fingerprint density at radius 3 is 2.52 bits per heavy atom. The molecule has 0 spiro atoms. The Bertz CT molecular complexity index is 722. The average molecular weight is 344 g/mol. The summed E-state index contributed by atoms with van der Waals surface area (Å²) in [6.45, 7) is 5.60. The first kappa shape index (κ1) is 18.7. The molecule has 0 aliphatic heterocycles. The van der Waals surface area contributed by atoms with E-state index in [1.807, 2.05) is 44.2 Å². The molecule has 1 aromatic heterocycles. The van der Waals surface area contributed by atoms with E-state index in [1.165, 1.54) is 0 Å². The maximum absolute atomic E-state index is 12.7. The summed E-state index contributed by atoms with van der Waals surface area (Å²) in [6.07, 6.45) is 0.927. The number of aliphatic carboxylic acids is 1. The molecule has 134 valence electrons. The van der Waals surface area contributed by atoms with Crippen LogP contribution in [0.25, 0.3) is 0 Å². The number of carbonyl (C=O) groups is 2. The van der Waals surface area contributed by atoms with E-state index in [2.05, 4.69) is 10.5 Å². The van der Waals surface area contributed by atoms with Crippen molar-refractivity contribution < 1.29 is 19.2 Å². The van der Waals surface area contributed by atoms with Gasteiger partial charge in [-0.3, -0.25) is 9.59 Å². The van der Waals surface area contributed by atoms with Gasteiger partial charge in [0.2, 0.25) is 0 Å². The minimum atomic E-state index is -0.878. The molecule has 0 aliphatic carbocycles. The SMILES string of the molecule is Cc1noc(C(C)C)c1C(=O)NC(CCC(=O)O)Cc1ccccc1. The third kappa shape index (κ3) is 5.17. The summed E-state index contributed by atoms with van der Waals surface area (Å²) in [5.41, 5.74) is 2.03. The van der Waals surface area contributed by atoms with Crippen molar-refractivity contribution in [2.24, 2.45) is 0 Å². The van der Waals surface area contributed by atoms with Crippen LogP contribution in [0.4, 0.5) is 0 Å². The van der Waals surface area contributed by atoms with Crippen LogP contribution in [0, 0.1) is 6.92 Å². The maximum atomic E-state index is 12.7. The number of aryl methyl sites for hydroxylation is 1. The van der Waals surface area contributed by atoms with Gasteiger partial charge in [0.1, 0.15) is 5.56 Å². The monoisotopic (exact) mass is 344 g/mol. The molecule has 1 amide bonds. The summed E-state index contributed by atoms with van der Waals surface area (Å²) < 4.78 is 5.27. The molecule has 0 saturated carbocycles. The summed E-state index contributed by atoms with van der Waals surface area (Å²) in [6, 6.07) is 9.41. The molecule has 0 aliphatic rings. The zero-order valence-electron chi connectivity index (χ0n) is 14.8. The Morgan fingerprint density at radius 2 is 1.92 bits per heavy atom. The van der Waals surface area contributed by atoms with Gasteiger partial charge in [-0.05, 0) is 25.3 Å². The lowest BCUT2D eigenvalue weighted by Gasteiger charge is -2.18. The van der Waals surface area contributed by atoms with E-state index in [9.17, 15) is 9.59 Å². The third-order valence-corrected chi connectivity index (χ3v) is 4.01. The van der Waals surface area contributed by atoms with Gasteiger partial charge in [0, 0.05) is 18.4 Å². The number of carbonyl (C=O) groups excluding carboxylic acids is 1. The Morgan fingerprint density at radius 1 is 1.24 bits per heavy atom. The van der Waals surface area contributed by atoms with Gasteiger partial charge in [-0.15, -0.1) is 0 Å². The van der Waals surface area contributed by atoms with E-state index in [0.29, 0.717) is 29.9 Å². The van der Waals surface area contributed by atoms with Crippen LogP contribution in [0.2, 0.25) is 0 Å². The Hall–Kier alpha value is -2.63. The van der Waals surface area contributed by atoms with Crippen molar-refractivity contribution in [3.05, 3.63) is 52.9 Å². The molecule has 0 saturated heterocycles. The van der Waals surface area contributed by atoms with E-state index in [4.69, 9.17) is 9.63 Å². The molecule has 2 rings (SSSR count). The van der Waals surface area contributed by atoms with Gasteiger partial charge in [0.15, 0.2) is 5.76 Å². The van der Waals surface area contributed by atoms with Gasteiger partial charge in [-0.25, -0.2) is 0 Å². The van der Waals surface area contributed by atoms with Gasteiger partial charge >= 0.3 is 5.97 Å². The van der Waals surface area contributed by atoms with E-state index in [0.717, 1.165) is 5.56 Å². The molecule has 6 heteroatoms. The van der Waals surface area contributed by atoms with Gasteiger partial charge in [0.25, 0.3) is 5.91 Å². The minimum Gasteiger partial charge on any atom is -0.481 e. The molecular weight excluding hydrogens is 320 g/mol. The number of nitrogens with one attached hydrogen (secondary N) is 1. The topological polar surface area (TPSA) is 92.4 Å². The van der Waals surface area contributed by atoms with Crippen molar-refractivity contribution in [1.29, 1.82) is 0 Å². The standard InChI is InChI=1S/C19H24N2O4/c1-12(2)18-17(13(3)21-25-18)19(24)20-15(9-10-16(22)23)11-14-7-5-4-6-8-14/h4-8,12,15H,9-11H2,1-3H3,(H,20,24)(H,22,23). The fraction of sp³-hybridized carbons (Fsp3) is 0.421. The highest BCUT2D eigenvalue weighted by Gasteiger charge is 2.24. The van der Waals surface area contributed by atoms with Crippen LogP contribution in [0.3, 0.4) is 0 Å². The fourth-order valence-corrected chi connectivity index (χ4v) is 2.74. The van der Waals surface area contributed by atoms with Crippen molar-refractivity contribution in [3.63, 3.8) is 0 Å². The van der Waals surface area contributed by atoms with E-state index < -0.39 is 5.97 Å². The molecule has 1 unspecified atom stereocenters. The summed E-state index contributed by atoms with van der Waals surface area (Å²) in [4.78, 5) is 23.7. The molecule has 1 aromatic carbocycles. The van der Waals surface area contributed by atoms with Crippen molar-refractivity contribution in [2.75, 3.05) is 0 Å². The summed E-state index contributed by atoms with van der Waals surface area (Å²) in [5, 5.41) is 15.8. The van der Waals surface area contributed by atoms with Crippen LogP contribution in [-0.4, -0.2) is 28.2 Å². The van der Waals surface area contributed by atoms with Gasteiger partial charge in [-0.1, -0.05) is 49.3 Å². The zero-order chi connectivity index (χ0) is 18.4. The number of carboxylic acids is 1. The normalized spacial score (nSPS) is 12.2. The van der Waals surface area contributed by atoms with Crippen molar-refractivity contribution in [3.8, 4) is 0 Å². The second-order valence-corrected chi connectivity index (χ2v) is 6.45. The minimum absolute atomic E-state index is 0.00254. The number of amides is 1. The average Bonchev–Trinajstić information content (AvgIpc) is 2.95. The quantitative estimate of drug-likeness (QED) is 0.766. The molecule has 0 radical (unpaired) electrons. The molecular formula is C19H24N2O4. The lowest BCUT2D eigenvalue weighted by Crippen LogP contribution is -2.37. The highest BCUT2D eigenvalue weighted by atomic mass is 16.5. The number of hydrogen-bond acceptors (Lipinski definition) is 4. The smallest absolute Gasteiger partial charge is 0.303 e. The number of rotatable bonds is 8. The second kappa shape index (κ2) is 8.46. The molecule has 1 atom stereocenters. The van der Waals surface area contributed by atoms with Crippen LogP contribution in [0.15, 0.2) is 34.9 Å². The number of hydrogen-bond donors (Lipinski definition) is 2. The van der Waals surface area contributed by atoms with Crippen molar-refractivity contribution in [1.82, 2.24) is 10.5 Å². The molecule has 2 N–H and O–H groups in total. The zero-order valence-corrected chi connectivity index (χ0v) is 14.8. The molecule has 0 fully saturated rings. The fourth-order valence-electron chi connectivity index (χ4n) is 2.74. The summed E-state index contributed by atoms with van der Waals surface area (Å²) >= 11 is 0. The highest BCUT2D eigenvalue weighted by molar-refractivity contribution is 5.96. The molecule has 25 heavy (non-hydrogen) atoms. The number of benzene rings is 1. The molecule has 0 bridgehead atoms. The van der Waals surface area contributed by atoms with Crippen LogP contribution in [0.5, 0.6) is 0 Å². The second-order valence-electron chi connectivity index (χ2n) is 6.45. The number of aromatic nitrogens is 1. The van der Waals surface area contributed by atoms with Gasteiger partial charge < -0.3 is 14.9 Å². The first-order chi connectivity index (χ1) is 11.9. The summed E-state index contributed by atoms with van der Waals surface area (Å²) in [5.74, 6) is -0.564. The number of nitrogens with zero attached hydrogens (tertiary/aromatic N) is 1. The van der Waals surface area contributed by atoms with Crippen LogP contribution in [-0.2, 0) is 11.2 Å². The van der Waals surface area contributed by atoms with E-state index >= 15 is 0 Å². The van der Waals surface area contributed by atoms with E-state index in [1.54, 1.807) is 6.92 Å². The molecule has 2 aromatic rings. The predicted molar refractivity (Wildman–Crippen MR) is 93.6 cm³/mol. The maximum Gasteiger partial charge on any atom is 0.303 e. The predicted octanol–water partition coefficient (Wildman–Crippen LogP) is 3.31. The van der Waals surface area contributed by atoms with E-state index in [-0.39, 0.29) is 24.3 Å². The lowest BCUT2D eigenvalue weighted by atomic mass is 10.00. The van der Waals surface area contributed by atoms with Crippen LogP contribution < -0.4 is 5.32 Å². The molecule has 6 nitrogen and oxygen atoms in total. The Labute approximate surface area is 147 Å². The third-order valence-electron chi connectivity index (χ3n) is 4.01. The Kier molecular flexibility index (Phi) is 6.33. The largest absolute Gasteiger partial charge is 0.481 e. The highest BCUT2D eigenvalue weighted by Crippen LogP contribution is 2.22. The van der Waals surface area contributed by atoms with Crippen molar-refractivity contribution in [2.45, 2.75) is 52.0 Å². The van der Waals surface area contributed by atoms with Crippen LogP contribution in [0.1, 0.15) is 60.0 Å². The Balaban J connectivity index is 2.16. The van der Waals surface area contributed by atoms with Gasteiger partial charge in [-0.2, -0.15) is 0 Å². The first-order valence-corrected chi connectivity index (χ1v) is 8.41. The summed E-state index contributed by atoms with van der Waals surface area (Å²) in [7, 11) is 0. The molecule has 1 heterocycles. The lowest BCUT2D eigenvalue weighted by molar-refractivity contribution is -0.137.